The molecule has 0 radical (unpaired) electrons. The van der Waals surface area contributed by atoms with Crippen molar-refractivity contribution in [2.75, 3.05) is 0 Å². The standard InChI is InChI=1S/2C12H23N.2ClH/c2*1-3-7-12(4-2)10-6-5-9(8-10)11(12)13;;/h2*9-11H,3-8,13H2,1-2H3;2*1H/t2*9-,10+,11-,12-;;/m10../s1. The molecule has 0 aromatic carbocycles. The highest BCUT2D eigenvalue weighted by Crippen LogP contribution is 2.59. The van der Waals surface area contributed by atoms with E-state index in [-0.39, 0.29) is 24.8 Å². The Bertz CT molecular complexity index is 424. The third kappa shape index (κ3) is 4.14. The molecule has 8 atom stereocenters. The summed E-state index contributed by atoms with van der Waals surface area (Å²) in [6.45, 7) is 9.29. The van der Waals surface area contributed by atoms with Crippen LogP contribution in [0.15, 0.2) is 0 Å². The van der Waals surface area contributed by atoms with Crippen LogP contribution in [0.3, 0.4) is 0 Å². The van der Waals surface area contributed by atoms with Gasteiger partial charge in [0.25, 0.3) is 0 Å². The average molecular weight is 436 g/mol. The van der Waals surface area contributed by atoms with Gasteiger partial charge >= 0.3 is 0 Å². The van der Waals surface area contributed by atoms with Crippen LogP contribution < -0.4 is 11.5 Å². The molecule has 4 rings (SSSR count). The van der Waals surface area contributed by atoms with E-state index < -0.39 is 0 Å². The minimum Gasteiger partial charge on any atom is -0.327 e. The van der Waals surface area contributed by atoms with Crippen molar-refractivity contribution in [3.05, 3.63) is 0 Å². The highest BCUT2D eigenvalue weighted by atomic mass is 35.5. The van der Waals surface area contributed by atoms with Crippen molar-refractivity contribution in [3.63, 3.8) is 0 Å². The Kier molecular flexibility index (Phi) is 10.1. The maximum Gasteiger partial charge on any atom is 0.0127 e. The summed E-state index contributed by atoms with van der Waals surface area (Å²) in [4.78, 5) is 0. The number of nitrogens with two attached hydrogens (primary N) is 2. The molecule has 4 aliphatic carbocycles. The Morgan fingerprint density at radius 1 is 0.643 bits per heavy atom. The summed E-state index contributed by atoms with van der Waals surface area (Å²) in [6, 6.07) is 1.05. The molecule has 4 bridgehead atoms. The van der Waals surface area contributed by atoms with E-state index >= 15 is 0 Å². The smallest absolute Gasteiger partial charge is 0.0127 e. The maximum atomic E-state index is 6.40. The van der Waals surface area contributed by atoms with Crippen LogP contribution in [0.1, 0.15) is 105 Å². The van der Waals surface area contributed by atoms with E-state index in [2.05, 4.69) is 27.7 Å². The van der Waals surface area contributed by atoms with Crippen LogP contribution in [0.2, 0.25) is 0 Å². The molecule has 0 aliphatic heterocycles. The van der Waals surface area contributed by atoms with Gasteiger partial charge in [-0.15, -0.1) is 24.8 Å². The van der Waals surface area contributed by atoms with Gasteiger partial charge in [0.15, 0.2) is 0 Å². The molecule has 4 aliphatic rings. The molecule has 4 saturated carbocycles. The lowest BCUT2D eigenvalue weighted by Gasteiger charge is -2.42. The molecule has 4 heteroatoms. The molecule has 168 valence electrons. The fraction of sp³-hybridized carbons (Fsp3) is 1.00. The number of halogens is 2. The van der Waals surface area contributed by atoms with E-state index in [1.165, 1.54) is 77.0 Å². The Labute approximate surface area is 187 Å². The van der Waals surface area contributed by atoms with E-state index in [9.17, 15) is 0 Å². The van der Waals surface area contributed by atoms with Gasteiger partial charge in [-0.25, -0.2) is 0 Å². The largest absolute Gasteiger partial charge is 0.327 e. The predicted octanol–water partition coefficient (Wildman–Crippen LogP) is 6.72. The lowest BCUT2D eigenvalue weighted by Crippen LogP contribution is -2.45. The van der Waals surface area contributed by atoms with E-state index in [1.807, 2.05) is 0 Å². The van der Waals surface area contributed by atoms with Crippen LogP contribution in [0.25, 0.3) is 0 Å². The molecule has 28 heavy (non-hydrogen) atoms. The summed E-state index contributed by atoms with van der Waals surface area (Å²) in [6.07, 6.45) is 16.6. The second kappa shape index (κ2) is 10.7. The van der Waals surface area contributed by atoms with Crippen molar-refractivity contribution in [2.45, 2.75) is 117 Å². The molecular formula is C24H48Cl2N2. The van der Waals surface area contributed by atoms with Crippen LogP contribution >= 0.6 is 24.8 Å². The molecule has 2 nitrogen and oxygen atoms in total. The zero-order valence-electron chi connectivity index (χ0n) is 18.9. The first-order valence-corrected chi connectivity index (χ1v) is 12.0. The van der Waals surface area contributed by atoms with E-state index in [1.54, 1.807) is 0 Å². The molecule has 0 saturated heterocycles. The van der Waals surface area contributed by atoms with Gasteiger partial charge < -0.3 is 11.5 Å². The van der Waals surface area contributed by atoms with Crippen molar-refractivity contribution < 1.29 is 0 Å². The molecule has 0 aromatic heterocycles. The third-order valence-electron chi connectivity index (χ3n) is 9.66. The van der Waals surface area contributed by atoms with Gasteiger partial charge in [0.2, 0.25) is 0 Å². The maximum absolute atomic E-state index is 6.40. The second-order valence-electron chi connectivity index (χ2n) is 10.3. The Morgan fingerprint density at radius 2 is 1.00 bits per heavy atom. The zero-order valence-corrected chi connectivity index (χ0v) is 20.6. The molecule has 4 fully saturated rings. The molecule has 0 heterocycles. The van der Waals surface area contributed by atoms with Gasteiger partial charge in [0, 0.05) is 12.1 Å². The lowest BCUT2D eigenvalue weighted by atomic mass is 9.66. The first kappa shape index (κ1) is 26.5. The topological polar surface area (TPSA) is 52.0 Å². The van der Waals surface area contributed by atoms with Crippen molar-refractivity contribution in [1.82, 2.24) is 0 Å². The van der Waals surface area contributed by atoms with Gasteiger partial charge in [-0.05, 0) is 98.7 Å². The van der Waals surface area contributed by atoms with Crippen molar-refractivity contribution in [3.8, 4) is 0 Å². The fourth-order valence-electron chi connectivity index (χ4n) is 8.29. The molecule has 0 unspecified atom stereocenters. The van der Waals surface area contributed by atoms with Gasteiger partial charge in [0.1, 0.15) is 0 Å². The van der Waals surface area contributed by atoms with Gasteiger partial charge in [-0.1, -0.05) is 40.5 Å². The van der Waals surface area contributed by atoms with Gasteiger partial charge in [0.05, 0.1) is 0 Å². The monoisotopic (exact) mass is 434 g/mol. The summed E-state index contributed by atoms with van der Waals surface area (Å²) in [7, 11) is 0. The summed E-state index contributed by atoms with van der Waals surface area (Å²) in [5, 5.41) is 0. The average Bonchev–Trinajstić information content (AvgIpc) is 3.41. The summed E-state index contributed by atoms with van der Waals surface area (Å²) in [5.41, 5.74) is 13.9. The fourth-order valence-corrected chi connectivity index (χ4v) is 8.29. The first-order chi connectivity index (χ1) is 12.5. The van der Waals surface area contributed by atoms with Crippen LogP contribution in [0.4, 0.5) is 0 Å². The molecule has 4 N–H and O–H groups in total. The number of hydrogen-bond acceptors (Lipinski definition) is 2. The highest BCUT2D eigenvalue weighted by molar-refractivity contribution is 5.85. The quantitative estimate of drug-likeness (QED) is 0.486. The summed E-state index contributed by atoms with van der Waals surface area (Å²) >= 11 is 0. The van der Waals surface area contributed by atoms with Gasteiger partial charge in [-0.3, -0.25) is 0 Å². The van der Waals surface area contributed by atoms with Crippen LogP contribution in [0.5, 0.6) is 0 Å². The van der Waals surface area contributed by atoms with E-state index in [0.717, 1.165) is 23.7 Å². The number of fused-ring (bicyclic) bond motifs is 4. The molecule has 0 amide bonds. The Morgan fingerprint density at radius 3 is 1.21 bits per heavy atom. The second-order valence-corrected chi connectivity index (χ2v) is 10.3. The lowest BCUT2D eigenvalue weighted by molar-refractivity contribution is 0.111. The molecule has 0 spiro atoms. The number of rotatable bonds is 6. The highest BCUT2D eigenvalue weighted by Gasteiger charge is 2.55. The summed E-state index contributed by atoms with van der Waals surface area (Å²) < 4.78 is 0. The third-order valence-corrected chi connectivity index (χ3v) is 9.66. The van der Waals surface area contributed by atoms with Crippen molar-refractivity contribution >= 4 is 24.8 Å². The molecule has 0 aromatic rings. The number of hydrogen-bond donors (Lipinski definition) is 2. The predicted molar refractivity (Wildman–Crippen MR) is 127 cm³/mol. The Balaban J connectivity index is 0.000000261. The zero-order chi connectivity index (χ0) is 18.9. The molecular weight excluding hydrogens is 387 g/mol. The van der Waals surface area contributed by atoms with Gasteiger partial charge in [-0.2, -0.15) is 0 Å². The van der Waals surface area contributed by atoms with Crippen LogP contribution in [0, 0.1) is 34.5 Å². The first-order valence-electron chi connectivity index (χ1n) is 12.0. The van der Waals surface area contributed by atoms with Crippen molar-refractivity contribution in [1.29, 1.82) is 0 Å². The van der Waals surface area contributed by atoms with Crippen LogP contribution in [-0.4, -0.2) is 12.1 Å². The van der Waals surface area contributed by atoms with E-state index in [0.29, 0.717) is 22.9 Å². The minimum atomic E-state index is 0. The van der Waals surface area contributed by atoms with Crippen LogP contribution in [-0.2, 0) is 0 Å². The minimum absolute atomic E-state index is 0. The Hall–Kier alpha value is 0.500. The van der Waals surface area contributed by atoms with E-state index in [4.69, 9.17) is 11.5 Å². The SMILES string of the molecule is CCC[C@@]1(CC)[C@@H]2CC[C@@H](C2)[C@@H]1N.CCC[C@]1(CC)[C@H]2CC[C@H](C2)[C@H]1N.Cl.Cl. The normalized spacial score (nSPS) is 45.2. The summed E-state index contributed by atoms with van der Waals surface area (Å²) in [5.74, 6) is 3.68. The van der Waals surface area contributed by atoms with Crippen molar-refractivity contribution in [2.24, 2.45) is 46.0 Å².